The van der Waals surface area contributed by atoms with E-state index in [1.54, 1.807) is 0 Å². The fourth-order valence-electron chi connectivity index (χ4n) is 1.86. The number of hydrogen-bond donors (Lipinski definition) is 2. The number of carbonyl (C=O) groups excluding carboxylic acids is 1. The maximum atomic E-state index is 11.9. The second-order valence-corrected chi connectivity index (χ2v) is 5.73. The molecule has 0 saturated heterocycles. The highest BCUT2D eigenvalue weighted by atomic mass is 16.5. The highest BCUT2D eigenvalue weighted by Gasteiger charge is 2.22. The molecular weight excluding hydrogens is 252 g/mol. The van der Waals surface area contributed by atoms with Crippen LogP contribution in [0.25, 0.3) is 0 Å². The Morgan fingerprint density at radius 1 is 1.40 bits per heavy atom. The van der Waals surface area contributed by atoms with Gasteiger partial charge in [-0.25, -0.2) is 0 Å². The molecule has 0 aliphatic heterocycles. The van der Waals surface area contributed by atoms with Crippen molar-refractivity contribution in [2.24, 2.45) is 17.6 Å². The molecule has 2 rings (SSSR count). The van der Waals surface area contributed by atoms with Gasteiger partial charge in [0.15, 0.2) is 0 Å². The topological polar surface area (TPSA) is 64.4 Å². The summed E-state index contributed by atoms with van der Waals surface area (Å²) in [4.78, 5) is 11.9. The average molecular weight is 276 g/mol. The van der Waals surface area contributed by atoms with Gasteiger partial charge in [0.2, 0.25) is 5.91 Å². The zero-order valence-electron chi connectivity index (χ0n) is 12.3. The number of nitrogens with one attached hydrogen (secondary N) is 1. The molecule has 1 saturated carbocycles. The summed E-state index contributed by atoms with van der Waals surface area (Å²) in [7, 11) is 0. The molecule has 0 aromatic heterocycles. The van der Waals surface area contributed by atoms with Gasteiger partial charge < -0.3 is 15.8 Å². The zero-order chi connectivity index (χ0) is 14.5. The van der Waals surface area contributed by atoms with E-state index in [2.05, 4.69) is 5.32 Å². The first-order chi connectivity index (χ1) is 9.58. The fourth-order valence-corrected chi connectivity index (χ4v) is 1.86. The van der Waals surface area contributed by atoms with Crippen LogP contribution in [0.3, 0.4) is 0 Å². The van der Waals surface area contributed by atoms with Crippen LogP contribution in [-0.4, -0.2) is 18.6 Å². The van der Waals surface area contributed by atoms with Crippen LogP contribution in [0.2, 0.25) is 0 Å². The van der Waals surface area contributed by atoms with E-state index < -0.39 is 0 Å². The largest absolute Gasteiger partial charge is 0.493 e. The van der Waals surface area contributed by atoms with Gasteiger partial charge in [-0.15, -0.1) is 0 Å². The van der Waals surface area contributed by atoms with Crippen molar-refractivity contribution >= 4 is 5.91 Å². The average Bonchev–Trinajstić information content (AvgIpc) is 3.26. The first-order valence-corrected chi connectivity index (χ1v) is 7.32. The van der Waals surface area contributed by atoms with Crippen LogP contribution in [0.5, 0.6) is 5.75 Å². The van der Waals surface area contributed by atoms with Crippen molar-refractivity contribution in [3.63, 3.8) is 0 Å². The number of benzene rings is 1. The van der Waals surface area contributed by atoms with E-state index in [1.165, 1.54) is 12.8 Å². The Morgan fingerprint density at radius 2 is 2.10 bits per heavy atom. The summed E-state index contributed by atoms with van der Waals surface area (Å²) < 4.78 is 5.83. The van der Waals surface area contributed by atoms with Crippen LogP contribution in [-0.2, 0) is 11.3 Å². The monoisotopic (exact) mass is 276 g/mol. The molecule has 1 aliphatic carbocycles. The molecule has 4 nitrogen and oxygen atoms in total. The van der Waals surface area contributed by atoms with Crippen LogP contribution in [0.1, 0.15) is 32.3 Å². The summed E-state index contributed by atoms with van der Waals surface area (Å²) in [5.41, 5.74) is 6.75. The predicted octanol–water partition coefficient (Wildman–Crippen LogP) is 2.07. The minimum Gasteiger partial charge on any atom is -0.493 e. The van der Waals surface area contributed by atoms with Crippen LogP contribution in [0.4, 0.5) is 0 Å². The Balaban J connectivity index is 1.89. The molecule has 0 spiro atoms. The van der Waals surface area contributed by atoms with Gasteiger partial charge in [0.05, 0.1) is 6.61 Å². The summed E-state index contributed by atoms with van der Waals surface area (Å²) in [6, 6.07) is 7.72. The molecule has 20 heavy (non-hydrogen) atoms. The van der Waals surface area contributed by atoms with Crippen molar-refractivity contribution in [2.45, 2.75) is 39.3 Å². The third-order valence-electron chi connectivity index (χ3n) is 3.80. The Labute approximate surface area is 120 Å². The maximum Gasteiger partial charge on any atom is 0.224 e. The summed E-state index contributed by atoms with van der Waals surface area (Å²) in [5.74, 6) is 1.38. The van der Waals surface area contributed by atoms with Crippen LogP contribution < -0.4 is 15.8 Å². The number of carbonyl (C=O) groups is 1. The molecule has 4 heteroatoms. The number of hydrogen-bond acceptors (Lipinski definition) is 3. The van der Waals surface area contributed by atoms with Crippen LogP contribution in [0.15, 0.2) is 24.3 Å². The molecule has 1 fully saturated rings. The lowest BCUT2D eigenvalue weighted by Crippen LogP contribution is -2.38. The third kappa shape index (κ3) is 4.23. The first kappa shape index (κ1) is 14.9. The van der Waals surface area contributed by atoms with Gasteiger partial charge in [0.25, 0.3) is 0 Å². The molecule has 1 aromatic carbocycles. The van der Waals surface area contributed by atoms with E-state index in [0.717, 1.165) is 23.8 Å². The normalized spacial score (nSPS) is 17.4. The van der Waals surface area contributed by atoms with Crippen molar-refractivity contribution in [2.75, 3.05) is 6.61 Å². The Kier molecular flexibility index (Phi) is 5.01. The van der Waals surface area contributed by atoms with Crippen molar-refractivity contribution in [3.8, 4) is 5.75 Å². The van der Waals surface area contributed by atoms with Gasteiger partial charge in [0.1, 0.15) is 5.75 Å². The number of rotatable bonds is 7. The minimum absolute atomic E-state index is 0.0167. The standard InChI is InChI=1S/C16H24N2O2/c1-11(12(2)17)16(19)18-9-14-5-3-4-6-15(14)20-10-13-7-8-13/h3-6,11-13H,7-10,17H2,1-2H3,(H,18,19). The SMILES string of the molecule is CC(N)C(C)C(=O)NCc1ccccc1OCC1CC1. The van der Waals surface area contributed by atoms with Crippen LogP contribution >= 0.6 is 0 Å². The summed E-state index contributed by atoms with van der Waals surface area (Å²) in [6.07, 6.45) is 2.54. The molecule has 2 atom stereocenters. The third-order valence-corrected chi connectivity index (χ3v) is 3.80. The van der Waals surface area contributed by atoms with E-state index in [4.69, 9.17) is 10.5 Å². The van der Waals surface area contributed by atoms with E-state index in [1.807, 2.05) is 38.1 Å². The Hall–Kier alpha value is -1.55. The highest BCUT2D eigenvalue weighted by Crippen LogP contribution is 2.30. The summed E-state index contributed by atoms with van der Waals surface area (Å²) >= 11 is 0. The maximum absolute atomic E-state index is 11.9. The van der Waals surface area contributed by atoms with Gasteiger partial charge >= 0.3 is 0 Å². The zero-order valence-corrected chi connectivity index (χ0v) is 12.3. The second kappa shape index (κ2) is 6.75. The molecular formula is C16H24N2O2. The van der Waals surface area contributed by atoms with E-state index in [-0.39, 0.29) is 17.9 Å². The molecule has 3 N–H and O–H groups in total. The van der Waals surface area contributed by atoms with Crippen LogP contribution in [0, 0.1) is 11.8 Å². The second-order valence-electron chi connectivity index (χ2n) is 5.73. The van der Waals surface area contributed by atoms with Gasteiger partial charge in [-0.05, 0) is 31.7 Å². The molecule has 110 valence electrons. The molecule has 1 aromatic rings. The number of nitrogens with two attached hydrogens (primary N) is 1. The van der Waals surface area contributed by atoms with Crippen molar-refractivity contribution in [3.05, 3.63) is 29.8 Å². The molecule has 2 unspecified atom stereocenters. The summed E-state index contributed by atoms with van der Waals surface area (Å²) in [5, 5.41) is 2.92. The number of amides is 1. The molecule has 0 bridgehead atoms. The van der Waals surface area contributed by atoms with Crippen molar-refractivity contribution < 1.29 is 9.53 Å². The smallest absolute Gasteiger partial charge is 0.224 e. The molecule has 0 heterocycles. The van der Waals surface area contributed by atoms with Gasteiger partial charge in [0, 0.05) is 24.1 Å². The van der Waals surface area contributed by atoms with Gasteiger partial charge in [-0.1, -0.05) is 25.1 Å². The minimum atomic E-state index is -0.186. The quantitative estimate of drug-likeness (QED) is 0.801. The lowest BCUT2D eigenvalue weighted by atomic mass is 10.0. The Bertz CT molecular complexity index is 456. The van der Waals surface area contributed by atoms with Crippen molar-refractivity contribution in [1.82, 2.24) is 5.32 Å². The first-order valence-electron chi connectivity index (χ1n) is 7.32. The molecule has 0 radical (unpaired) electrons. The predicted molar refractivity (Wildman–Crippen MR) is 79.3 cm³/mol. The lowest BCUT2D eigenvalue weighted by molar-refractivity contribution is -0.125. The molecule has 1 amide bonds. The fraction of sp³-hybridized carbons (Fsp3) is 0.562. The van der Waals surface area contributed by atoms with E-state index in [0.29, 0.717) is 6.54 Å². The number of para-hydroxylation sites is 1. The number of ether oxygens (including phenoxy) is 1. The molecule has 1 aliphatic rings. The van der Waals surface area contributed by atoms with E-state index in [9.17, 15) is 4.79 Å². The van der Waals surface area contributed by atoms with E-state index >= 15 is 0 Å². The highest BCUT2D eigenvalue weighted by molar-refractivity contribution is 5.78. The van der Waals surface area contributed by atoms with Gasteiger partial charge in [-0.3, -0.25) is 4.79 Å². The Morgan fingerprint density at radius 3 is 2.75 bits per heavy atom. The lowest BCUT2D eigenvalue weighted by Gasteiger charge is -2.16. The summed E-state index contributed by atoms with van der Waals surface area (Å²) in [6.45, 7) is 4.95. The van der Waals surface area contributed by atoms with Gasteiger partial charge in [-0.2, -0.15) is 0 Å². The van der Waals surface area contributed by atoms with Crippen molar-refractivity contribution in [1.29, 1.82) is 0 Å².